The van der Waals surface area contributed by atoms with E-state index >= 15 is 0 Å². The molecule has 0 N–H and O–H groups in total. The molecule has 0 amide bonds. The van der Waals surface area contributed by atoms with E-state index in [1.807, 2.05) is 24.3 Å². The number of benzene rings is 2. The van der Waals surface area contributed by atoms with Crippen LogP contribution in [-0.4, -0.2) is 16.7 Å². The maximum absolute atomic E-state index is 5.35. The van der Waals surface area contributed by atoms with Gasteiger partial charge in [0.1, 0.15) is 11.6 Å². The number of hydrogen-bond donors (Lipinski definition) is 0. The summed E-state index contributed by atoms with van der Waals surface area (Å²) in [7, 11) is 1.70. The van der Waals surface area contributed by atoms with E-state index in [1.165, 1.54) is 5.52 Å². The minimum atomic E-state index is 0.666. The van der Waals surface area contributed by atoms with Crippen molar-refractivity contribution in [1.82, 2.24) is 9.55 Å². The molecule has 0 unspecified atom stereocenters. The Kier molecular flexibility index (Phi) is 4.14. The fourth-order valence-corrected chi connectivity index (χ4v) is 2.67. The quantitative estimate of drug-likeness (QED) is 0.678. The molecular formula is C19H22N2O. The van der Waals surface area contributed by atoms with Crippen LogP contribution in [-0.2, 0) is 6.54 Å². The van der Waals surface area contributed by atoms with Crippen molar-refractivity contribution in [2.75, 3.05) is 7.11 Å². The first-order valence-electron chi connectivity index (χ1n) is 7.78. The summed E-state index contributed by atoms with van der Waals surface area (Å²) in [4.78, 5) is 4.84. The normalized spacial score (nSPS) is 11.3. The fraction of sp³-hybridized carbons (Fsp3) is 0.316. The van der Waals surface area contributed by atoms with Gasteiger partial charge in [-0.15, -0.1) is 0 Å². The molecule has 0 bridgehead atoms. The molecule has 0 spiro atoms. The summed E-state index contributed by atoms with van der Waals surface area (Å²) in [5.74, 6) is 2.54. The maximum Gasteiger partial charge on any atom is 0.141 e. The molecule has 0 aliphatic rings. The van der Waals surface area contributed by atoms with Gasteiger partial charge in [-0.05, 0) is 36.6 Å². The number of methoxy groups -OCH3 is 1. The van der Waals surface area contributed by atoms with E-state index in [0.717, 1.165) is 35.6 Å². The first-order valence-corrected chi connectivity index (χ1v) is 7.78. The number of imidazole rings is 1. The van der Waals surface area contributed by atoms with Crippen molar-refractivity contribution in [2.24, 2.45) is 5.92 Å². The largest absolute Gasteiger partial charge is 0.497 e. The molecule has 0 aliphatic heterocycles. The molecule has 0 atom stereocenters. The molecule has 0 fully saturated rings. The van der Waals surface area contributed by atoms with E-state index in [0.29, 0.717) is 5.92 Å². The molecular weight excluding hydrogens is 272 g/mol. The van der Waals surface area contributed by atoms with Crippen LogP contribution in [0.15, 0.2) is 48.5 Å². The minimum absolute atomic E-state index is 0.666. The van der Waals surface area contributed by atoms with Crippen LogP contribution in [0.4, 0.5) is 0 Å². The molecule has 1 heterocycles. The third kappa shape index (κ3) is 2.84. The van der Waals surface area contributed by atoms with E-state index in [1.54, 1.807) is 7.11 Å². The predicted molar refractivity (Wildman–Crippen MR) is 91.2 cm³/mol. The molecule has 0 saturated carbocycles. The lowest BCUT2D eigenvalue weighted by Gasteiger charge is -2.11. The molecule has 3 heteroatoms. The Hall–Kier alpha value is -2.29. The highest BCUT2D eigenvalue weighted by Gasteiger charge is 2.13. The molecule has 3 nitrogen and oxygen atoms in total. The van der Waals surface area contributed by atoms with Crippen LogP contribution in [0.5, 0.6) is 5.75 Å². The number of nitrogens with zero attached hydrogens (tertiary/aromatic N) is 2. The Morgan fingerprint density at radius 1 is 1.09 bits per heavy atom. The van der Waals surface area contributed by atoms with Crippen LogP contribution < -0.4 is 4.74 Å². The molecule has 22 heavy (non-hydrogen) atoms. The van der Waals surface area contributed by atoms with Crippen LogP contribution in [0.25, 0.3) is 22.4 Å². The smallest absolute Gasteiger partial charge is 0.141 e. The van der Waals surface area contributed by atoms with Gasteiger partial charge in [0.05, 0.1) is 18.1 Å². The van der Waals surface area contributed by atoms with Crippen molar-refractivity contribution in [3.8, 4) is 17.1 Å². The number of para-hydroxylation sites is 2. The van der Waals surface area contributed by atoms with Crippen LogP contribution in [0, 0.1) is 5.92 Å². The Labute approximate surface area is 131 Å². The first-order chi connectivity index (χ1) is 10.7. The second-order valence-electron chi connectivity index (χ2n) is 5.99. The Bertz CT molecular complexity index is 774. The lowest BCUT2D eigenvalue weighted by atomic mass is 10.1. The molecule has 0 aliphatic carbocycles. The summed E-state index contributed by atoms with van der Waals surface area (Å²) in [6.07, 6.45) is 1.14. The zero-order chi connectivity index (χ0) is 15.5. The minimum Gasteiger partial charge on any atom is -0.497 e. The standard InChI is InChI=1S/C19H22N2O/c1-14(2)11-12-21-18-10-5-4-9-17(18)20-19(21)15-7-6-8-16(13-15)22-3/h4-10,13-14H,11-12H2,1-3H3. The summed E-state index contributed by atoms with van der Waals surface area (Å²) >= 11 is 0. The summed E-state index contributed by atoms with van der Waals surface area (Å²) in [5.41, 5.74) is 3.34. The van der Waals surface area contributed by atoms with Gasteiger partial charge in [0.25, 0.3) is 0 Å². The highest BCUT2D eigenvalue weighted by atomic mass is 16.5. The molecule has 3 rings (SSSR count). The van der Waals surface area contributed by atoms with Crippen molar-refractivity contribution in [3.05, 3.63) is 48.5 Å². The Balaban J connectivity index is 2.12. The lowest BCUT2D eigenvalue weighted by molar-refractivity contribution is 0.415. The van der Waals surface area contributed by atoms with E-state index in [-0.39, 0.29) is 0 Å². The highest BCUT2D eigenvalue weighted by molar-refractivity contribution is 5.80. The van der Waals surface area contributed by atoms with Crippen molar-refractivity contribution >= 4 is 11.0 Å². The Morgan fingerprint density at radius 3 is 2.68 bits per heavy atom. The first kappa shape index (κ1) is 14.6. The van der Waals surface area contributed by atoms with Gasteiger partial charge in [0, 0.05) is 12.1 Å². The second-order valence-corrected chi connectivity index (χ2v) is 5.99. The van der Waals surface area contributed by atoms with Crippen molar-refractivity contribution in [2.45, 2.75) is 26.8 Å². The van der Waals surface area contributed by atoms with Gasteiger partial charge in [0.15, 0.2) is 0 Å². The summed E-state index contributed by atoms with van der Waals surface area (Å²) in [6, 6.07) is 16.5. The molecule has 2 aromatic carbocycles. The van der Waals surface area contributed by atoms with Gasteiger partial charge in [-0.25, -0.2) is 4.98 Å². The van der Waals surface area contributed by atoms with Gasteiger partial charge in [0.2, 0.25) is 0 Å². The topological polar surface area (TPSA) is 27.1 Å². The monoisotopic (exact) mass is 294 g/mol. The van der Waals surface area contributed by atoms with E-state index in [9.17, 15) is 0 Å². The number of aryl methyl sites for hydroxylation is 1. The van der Waals surface area contributed by atoms with Gasteiger partial charge in [-0.2, -0.15) is 0 Å². The van der Waals surface area contributed by atoms with Crippen LogP contribution in [0.1, 0.15) is 20.3 Å². The zero-order valence-electron chi connectivity index (χ0n) is 13.4. The average molecular weight is 294 g/mol. The second kappa shape index (κ2) is 6.22. The van der Waals surface area contributed by atoms with Crippen molar-refractivity contribution in [3.63, 3.8) is 0 Å². The number of ether oxygens (including phenoxy) is 1. The average Bonchev–Trinajstić information content (AvgIpc) is 2.91. The Morgan fingerprint density at radius 2 is 1.91 bits per heavy atom. The highest BCUT2D eigenvalue weighted by Crippen LogP contribution is 2.28. The predicted octanol–water partition coefficient (Wildman–Crippen LogP) is 4.76. The molecule has 114 valence electrons. The van der Waals surface area contributed by atoms with Crippen LogP contribution in [0.2, 0.25) is 0 Å². The molecule has 0 radical (unpaired) electrons. The van der Waals surface area contributed by atoms with Gasteiger partial charge in [-0.3, -0.25) is 0 Å². The fourth-order valence-electron chi connectivity index (χ4n) is 2.67. The van der Waals surface area contributed by atoms with Crippen molar-refractivity contribution < 1.29 is 4.74 Å². The van der Waals surface area contributed by atoms with E-state index < -0.39 is 0 Å². The number of aromatic nitrogens is 2. The zero-order valence-corrected chi connectivity index (χ0v) is 13.4. The molecule has 1 aromatic heterocycles. The number of rotatable bonds is 5. The van der Waals surface area contributed by atoms with Crippen molar-refractivity contribution in [1.29, 1.82) is 0 Å². The SMILES string of the molecule is COc1cccc(-c2nc3ccccc3n2CCC(C)C)c1. The third-order valence-electron chi connectivity index (χ3n) is 3.91. The van der Waals surface area contributed by atoms with Gasteiger partial charge in [-0.1, -0.05) is 38.1 Å². The van der Waals surface area contributed by atoms with Gasteiger partial charge >= 0.3 is 0 Å². The summed E-state index contributed by atoms with van der Waals surface area (Å²) in [6.45, 7) is 5.49. The number of hydrogen-bond acceptors (Lipinski definition) is 2. The summed E-state index contributed by atoms with van der Waals surface area (Å²) in [5, 5.41) is 0. The van der Waals surface area contributed by atoms with Crippen LogP contribution in [0.3, 0.4) is 0 Å². The van der Waals surface area contributed by atoms with E-state index in [2.05, 4.69) is 42.7 Å². The van der Waals surface area contributed by atoms with Gasteiger partial charge < -0.3 is 9.30 Å². The third-order valence-corrected chi connectivity index (χ3v) is 3.91. The summed E-state index contributed by atoms with van der Waals surface area (Å²) < 4.78 is 7.67. The molecule has 3 aromatic rings. The lowest BCUT2D eigenvalue weighted by Crippen LogP contribution is -2.03. The molecule has 0 saturated heterocycles. The number of fused-ring (bicyclic) bond motifs is 1. The van der Waals surface area contributed by atoms with Crippen LogP contribution >= 0.6 is 0 Å². The van der Waals surface area contributed by atoms with E-state index in [4.69, 9.17) is 9.72 Å². The maximum atomic E-state index is 5.35.